The molecule has 0 spiro atoms. The Balaban J connectivity index is 0.000000241. The first-order valence-corrected chi connectivity index (χ1v) is 21.5. The number of aryl methyl sites for hydroxylation is 2. The molecule has 2 aromatic heterocycles. The average molecular weight is 1050 g/mol. The van der Waals surface area contributed by atoms with E-state index in [1.165, 1.54) is 77.0 Å². The van der Waals surface area contributed by atoms with Gasteiger partial charge in [0.05, 0.1) is 92.8 Å². The van der Waals surface area contributed by atoms with Gasteiger partial charge in [0.25, 0.3) is 0 Å². The van der Waals surface area contributed by atoms with E-state index >= 15 is 4.39 Å². The zero-order valence-electron chi connectivity index (χ0n) is 37.1. The van der Waals surface area contributed by atoms with Crippen LogP contribution in [0.2, 0.25) is 10.0 Å². The number of anilines is 3. The first-order chi connectivity index (χ1) is 30.7. The highest BCUT2D eigenvalue weighted by Gasteiger charge is 2.29. The number of carbonyl (C=O) groups is 2. The third-order valence-electron chi connectivity index (χ3n) is 9.85. The molecule has 0 amide bonds. The fourth-order valence-electron chi connectivity index (χ4n) is 6.51. The third kappa shape index (κ3) is 11.6. The molecule has 0 saturated heterocycles. The van der Waals surface area contributed by atoms with Gasteiger partial charge in [-0.2, -0.15) is 0 Å². The maximum Gasteiger partial charge on any atom is 0.340 e. The van der Waals surface area contributed by atoms with Gasteiger partial charge in [0, 0.05) is 23.5 Å². The Labute approximate surface area is 398 Å². The molecule has 0 aliphatic carbocycles. The maximum absolute atomic E-state index is 16.0. The monoisotopic (exact) mass is 1050 g/mol. The van der Waals surface area contributed by atoms with Gasteiger partial charge in [-0.05, 0) is 108 Å². The van der Waals surface area contributed by atoms with Gasteiger partial charge in [-0.15, -0.1) is 0 Å². The lowest BCUT2D eigenvalue weighted by atomic mass is 9.98. The van der Waals surface area contributed by atoms with Gasteiger partial charge < -0.3 is 30.0 Å². The lowest BCUT2D eigenvalue weighted by Crippen LogP contribution is -2.12. The van der Waals surface area contributed by atoms with Crippen LogP contribution >= 0.6 is 45.8 Å². The Morgan fingerprint density at radius 1 is 0.646 bits per heavy atom. The van der Waals surface area contributed by atoms with Crippen LogP contribution in [0.4, 0.5) is 34.6 Å². The number of nitrogens with one attached hydrogen (secondary N) is 1. The molecule has 2 heterocycles. The van der Waals surface area contributed by atoms with Crippen LogP contribution in [0.15, 0.2) is 73.1 Å². The van der Waals surface area contributed by atoms with Crippen LogP contribution in [0.3, 0.4) is 0 Å². The number of halogens is 7. The van der Waals surface area contributed by atoms with Gasteiger partial charge in [0.15, 0.2) is 5.82 Å². The van der Waals surface area contributed by atoms with E-state index in [4.69, 9.17) is 43.1 Å². The molecule has 6 rings (SSSR count). The molecule has 0 fully saturated rings. The smallest absolute Gasteiger partial charge is 0.340 e. The molecule has 17 heteroatoms. The van der Waals surface area contributed by atoms with Crippen molar-refractivity contribution in [2.24, 2.45) is 0 Å². The van der Waals surface area contributed by atoms with Crippen molar-refractivity contribution in [2.45, 2.75) is 53.4 Å². The van der Waals surface area contributed by atoms with Crippen molar-refractivity contribution in [1.29, 1.82) is 0 Å². The van der Waals surface area contributed by atoms with Gasteiger partial charge in [0.2, 0.25) is 0 Å². The van der Waals surface area contributed by atoms with E-state index in [9.17, 15) is 22.8 Å². The van der Waals surface area contributed by atoms with E-state index in [1.54, 1.807) is 41.1 Å². The van der Waals surface area contributed by atoms with Crippen molar-refractivity contribution < 1.29 is 46.1 Å². The first-order valence-electron chi connectivity index (χ1n) is 19.7. The second kappa shape index (κ2) is 23.0. The Bertz CT molecular complexity index is 2720. The lowest BCUT2D eigenvalue weighted by Gasteiger charge is -2.21. The minimum absolute atomic E-state index is 0.00541. The number of esters is 2. The summed E-state index contributed by atoms with van der Waals surface area (Å²) in [6.45, 7) is 11.9. The number of nitrogen functional groups attached to an aromatic ring is 1. The molecule has 0 bridgehead atoms. The molecule has 6 aromatic rings. The van der Waals surface area contributed by atoms with Crippen molar-refractivity contribution in [3.8, 4) is 33.8 Å². The summed E-state index contributed by atoms with van der Waals surface area (Å²) in [5, 5.41) is 2.74. The van der Waals surface area contributed by atoms with E-state index in [0.29, 0.717) is 17.3 Å². The van der Waals surface area contributed by atoms with Gasteiger partial charge in [0.1, 0.15) is 29.0 Å². The number of pyridine rings is 2. The molecule has 10 nitrogen and oxygen atoms in total. The van der Waals surface area contributed by atoms with E-state index in [1.807, 2.05) is 33.8 Å². The summed E-state index contributed by atoms with van der Waals surface area (Å²) in [5.41, 5.74) is 9.80. The SMILES string of the molecule is COC(=O)c1cc(Cl)c(-c2c(F)cccc2OC)c(F)c1I.COC(=O)c1cc(Cl)c(-c2c(F)cccc2OC)c(F)c1Nc1c(C)ccnc1C(C)C.Cc1ccnc(C(C)C)c1N. The number of ether oxygens (including phenoxy) is 4. The number of nitrogens with two attached hydrogens (primary N) is 1. The molecular formula is C48H47Cl2F4IN4O6. The Morgan fingerprint density at radius 3 is 1.55 bits per heavy atom. The van der Waals surface area contributed by atoms with Gasteiger partial charge in [-0.25, -0.2) is 27.2 Å². The molecule has 344 valence electrons. The molecule has 65 heavy (non-hydrogen) atoms. The van der Waals surface area contributed by atoms with Crippen LogP contribution in [0.25, 0.3) is 22.3 Å². The van der Waals surface area contributed by atoms with Gasteiger partial charge in [-0.1, -0.05) is 63.0 Å². The molecule has 0 saturated carbocycles. The summed E-state index contributed by atoms with van der Waals surface area (Å²) >= 11 is 14.1. The second-order valence-electron chi connectivity index (χ2n) is 14.7. The van der Waals surface area contributed by atoms with Crippen LogP contribution < -0.4 is 20.5 Å². The molecule has 0 aliphatic rings. The summed E-state index contributed by atoms with van der Waals surface area (Å²) in [5.74, 6) is -3.98. The van der Waals surface area contributed by atoms with E-state index in [0.717, 1.165) is 22.5 Å². The van der Waals surface area contributed by atoms with Crippen molar-refractivity contribution in [3.63, 3.8) is 0 Å². The van der Waals surface area contributed by atoms with Crippen molar-refractivity contribution >= 4 is 74.8 Å². The second-order valence-corrected chi connectivity index (χ2v) is 16.6. The highest BCUT2D eigenvalue weighted by atomic mass is 127. The summed E-state index contributed by atoms with van der Waals surface area (Å²) in [7, 11) is 5.05. The normalized spacial score (nSPS) is 10.7. The number of hydrogen-bond acceptors (Lipinski definition) is 10. The summed E-state index contributed by atoms with van der Waals surface area (Å²) < 4.78 is 79.3. The van der Waals surface area contributed by atoms with Crippen LogP contribution in [0.1, 0.15) is 82.8 Å². The number of aromatic nitrogens is 2. The first kappa shape index (κ1) is 52.0. The Kier molecular flexibility index (Phi) is 18.4. The van der Waals surface area contributed by atoms with Crippen LogP contribution in [-0.4, -0.2) is 50.3 Å². The summed E-state index contributed by atoms with van der Waals surface area (Å²) in [4.78, 5) is 32.7. The summed E-state index contributed by atoms with van der Waals surface area (Å²) in [6, 6.07) is 14.4. The molecule has 0 aliphatic heterocycles. The topological polar surface area (TPSA) is 135 Å². The van der Waals surface area contributed by atoms with Crippen LogP contribution in [0.5, 0.6) is 11.5 Å². The number of benzene rings is 4. The predicted octanol–water partition coefficient (Wildman–Crippen LogP) is 13.4. The molecule has 0 unspecified atom stereocenters. The van der Waals surface area contributed by atoms with E-state index < -0.39 is 35.2 Å². The average Bonchev–Trinajstić information content (AvgIpc) is 3.27. The largest absolute Gasteiger partial charge is 0.496 e. The van der Waals surface area contributed by atoms with Gasteiger partial charge >= 0.3 is 11.9 Å². The number of carbonyl (C=O) groups excluding carboxylic acids is 2. The van der Waals surface area contributed by atoms with Gasteiger partial charge in [-0.3, -0.25) is 9.97 Å². The van der Waals surface area contributed by atoms with Crippen molar-refractivity contribution in [2.75, 3.05) is 39.5 Å². The quantitative estimate of drug-likeness (QED) is 0.0591. The minimum Gasteiger partial charge on any atom is -0.496 e. The van der Waals surface area contributed by atoms with Crippen LogP contribution in [-0.2, 0) is 9.47 Å². The molecule has 4 aromatic carbocycles. The number of methoxy groups -OCH3 is 4. The predicted molar refractivity (Wildman–Crippen MR) is 256 cm³/mol. The number of rotatable bonds is 10. The van der Waals surface area contributed by atoms with Crippen molar-refractivity contribution in [1.82, 2.24) is 9.97 Å². The molecule has 0 radical (unpaired) electrons. The maximum atomic E-state index is 16.0. The van der Waals surface area contributed by atoms with Crippen molar-refractivity contribution in [3.05, 3.63) is 144 Å². The zero-order chi connectivity index (χ0) is 48.4. The van der Waals surface area contributed by atoms with Crippen LogP contribution in [0, 0.1) is 40.7 Å². The summed E-state index contributed by atoms with van der Waals surface area (Å²) in [6.07, 6.45) is 3.46. The standard InChI is InChI=1S/C24H23ClF2N2O3.C15H10ClF2IO3.C9H14N2/c1-12(2)21-22(13(3)9-10-28-21)29-23-14(24(30)32-5)11-15(25)18(20(23)27)19-16(26)7-6-8-17(19)31-4;1-21-10-5-3-4-9(17)12(10)11-8(16)6-7(15(20)22-2)14(19)13(11)18;1-6(2)9-8(10)7(3)4-5-11-9/h6-12,29H,1-5H3;3-6H,1-2H3;4-6H,10H2,1-3H3. The Hall–Kier alpha value is -5.65. The number of hydrogen-bond donors (Lipinski definition) is 2. The Morgan fingerprint density at radius 2 is 1.09 bits per heavy atom. The van der Waals surface area contributed by atoms with E-state index in [2.05, 4.69) is 33.9 Å². The fourth-order valence-corrected chi connectivity index (χ4v) is 7.73. The highest BCUT2D eigenvalue weighted by molar-refractivity contribution is 14.1. The van der Waals surface area contributed by atoms with E-state index in [-0.39, 0.29) is 70.1 Å². The fraction of sp³-hybridized carbons (Fsp3) is 0.250. The molecular weight excluding hydrogens is 1000 g/mol. The lowest BCUT2D eigenvalue weighted by molar-refractivity contribution is 0.0591. The highest BCUT2D eigenvalue weighted by Crippen LogP contribution is 2.45. The minimum atomic E-state index is -0.917. The molecule has 3 N–H and O–H groups in total. The zero-order valence-corrected chi connectivity index (χ0v) is 40.8. The molecule has 0 atom stereocenters. The third-order valence-corrected chi connectivity index (χ3v) is 11.5. The number of nitrogens with zero attached hydrogens (tertiary/aromatic N) is 2.